The number of carbonyl (C=O) groups is 2. The Balaban J connectivity index is 5.00. The van der Waals surface area contributed by atoms with E-state index in [4.69, 9.17) is 0 Å². The molecule has 0 saturated heterocycles. The quantitative estimate of drug-likeness (QED) is 0.629. The third kappa shape index (κ3) is 2.94. The number of carboxylic acid groups (broad SMARTS) is 1. The predicted molar refractivity (Wildman–Crippen MR) is 58.6 cm³/mol. The number of carbonyl (C=O) groups excluding carboxylic acids is 1. The molecule has 0 fully saturated rings. The molecular weight excluding hydrogens is 194 g/mol. The van der Waals surface area contributed by atoms with Crippen LogP contribution in [-0.4, -0.2) is 34.5 Å². The van der Waals surface area contributed by atoms with Crippen LogP contribution in [0.25, 0.3) is 0 Å². The molecule has 0 bridgehead atoms. The van der Waals surface area contributed by atoms with E-state index in [0.29, 0.717) is 25.8 Å². The van der Waals surface area contributed by atoms with Crippen LogP contribution in [0.4, 0.5) is 0 Å². The van der Waals surface area contributed by atoms with Gasteiger partial charge in [-0.25, -0.2) is 4.79 Å². The van der Waals surface area contributed by atoms with Crippen LogP contribution in [0.2, 0.25) is 0 Å². The topological polar surface area (TPSA) is 57.6 Å². The van der Waals surface area contributed by atoms with Crippen molar-refractivity contribution in [3.8, 4) is 0 Å². The second-order valence-electron chi connectivity index (χ2n) is 3.74. The van der Waals surface area contributed by atoms with Gasteiger partial charge in [0.15, 0.2) is 0 Å². The van der Waals surface area contributed by atoms with E-state index < -0.39 is 11.5 Å². The minimum atomic E-state index is -1.01. The molecule has 0 heterocycles. The van der Waals surface area contributed by atoms with Gasteiger partial charge in [0.2, 0.25) is 6.41 Å². The van der Waals surface area contributed by atoms with Crippen LogP contribution >= 0.6 is 0 Å². The Hall–Kier alpha value is -1.06. The third-order valence-electron chi connectivity index (χ3n) is 2.79. The van der Waals surface area contributed by atoms with E-state index in [9.17, 15) is 14.7 Å². The van der Waals surface area contributed by atoms with Gasteiger partial charge in [-0.3, -0.25) is 4.79 Å². The lowest BCUT2D eigenvalue weighted by Crippen LogP contribution is -2.54. The molecule has 0 aliphatic rings. The Morgan fingerprint density at radius 1 is 1.33 bits per heavy atom. The fourth-order valence-electron chi connectivity index (χ4n) is 1.93. The van der Waals surface area contributed by atoms with Crippen molar-refractivity contribution < 1.29 is 14.7 Å². The zero-order valence-corrected chi connectivity index (χ0v) is 9.82. The van der Waals surface area contributed by atoms with Gasteiger partial charge in [0, 0.05) is 6.54 Å². The van der Waals surface area contributed by atoms with E-state index in [1.54, 1.807) is 0 Å². The monoisotopic (exact) mass is 215 g/mol. The lowest BCUT2D eigenvalue weighted by molar-refractivity contribution is -0.156. The lowest BCUT2D eigenvalue weighted by atomic mass is 9.89. The Morgan fingerprint density at radius 3 is 2.20 bits per heavy atom. The van der Waals surface area contributed by atoms with Crippen molar-refractivity contribution in [3.63, 3.8) is 0 Å². The van der Waals surface area contributed by atoms with Gasteiger partial charge >= 0.3 is 5.97 Å². The average molecular weight is 215 g/mol. The summed E-state index contributed by atoms with van der Waals surface area (Å²) in [4.78, 5) is 23.7. The minimum absolute atomic E-state index is 0.453. The lowest BCUT2D eigenvalue weighted by Gasteiger charge is -2.37. The molecule has 0 spiro atoms. The highest BCUT2D eigenvalue weighted by Crippen LogP contribution is 2.25. The van der Waals surface area contributed by atoms with E-state index >= 15 is 0 Å². The molecule has 0 aromatic carbocycles. The first kappa shape index (κ1) is 13.9. The largest absolute Gasteiger partial charge is 0.479 e. The van der Waals surface area contributed by atoms with Gasteiger partial charge in [-0.05, 0) is 19.3 Å². The molecule has 0 aromatic heterocycles. The van der Waals surface area contributed by atoms with Gasteiger partial charge in [0.05, 0.1) is 0 Å². The minimum Gasteiger partial charge on any atom is -0.479 e. The molecule has 4 heteroatoms. The molecule has 0 aliphatic carbocycles. The van der Waals surface area contributed by atoms with Crippen LogP contribution in [-0.2, 0) is 9.59 Å². The molecule has 88 valence electrons. The van der Waals surface area contributed by atoms with Crippen LogP contribution in [0, 0.1) is 0 Å². The van der Waals surface area contributed by atoms with Gasteiger partial charge < -0.3 is 10.0 Å². The Morgan fingerprint density at radius 2 is 1.93 bits per heavy atom. The van der Waals surface area contributed by atoms with Crippen LogP contribution in [0.15, 0.2) is 0 Å². The molecule has 1 unspecified atom stereocenters. The average Bonchev–Trinajstić information content (AvgIpc) is 2.22. The Kier molecular flexibility index (Phi) is 5.97. The van der Waals surface area contributed by atoms with Gasteiger partial charge in [-0.15, -0.1) is 0 Å². The molecule has 15 heavy (non-hydrogen) atoms. The molecule has 1 atom stereocenters. The van der Waals surface area contributed by atoms with Crippen molar-refractivity contribution >= 4 is 12.4 Å². The fraction of sp³-hybridized carbons (Fsp3) is 0.818. The molecule has 0 radical (unpaired) electrons. The van der Waals surface area contributed by atoms with Crippen molar-refractivity contribution in [3.05, 3.63) is 0 Å². The van der Waals surface area contributed by atoms with Crippen molar-refractivity contribution in [2.24, 2.45) is 0 Å². The zero-order chi connectivity index (χ0) is 11.9. The maximum Gasteiger partial charge on any atom is 0.329 e. The maximum absolute atomic E-state index is 11.3. The molecule has 0 aliphatic heterocycles. The van der Waals surface area contributed by atoms with E-state index in [-0.39, 0.29) is 0 Å². The first-order chi connectivity index (χ1) is 7.08. The highest BCUT2D eigenvalue weighted by Gasteiger charge is 2.40. The van der Waals surface area contributed by atoms with Crippen LogP contribution in [0.3, 0.4) is 0 Å². The number of hydrogen-bond acceptors (Lipinski definition) is 2. The summed E-state index contributed by atoms with van der Waals surface area (Å²) in [6.07, 6.45) is 3.16. The predicted octanol–water partition coefficient (Wildman–Crippen LogP) is 1.89. The smallest absolute Gasteiger partial charge is 0.329 e. The summed E-state index contributed by atoms with van der Waals surface area (Å²) in [6, 6.07) is 0. The molecule has 1 N–H and O–H groups in total. The number of nitrogens with zero attached hydrogens (tertiary/aromatic N) is 1. The second-order valence-corrected chi connectivity index (χ2v) is 3.74. The summed E-state index contributed by atoms with van der Waals surface area (Å²) in [5.41, 5.74) is -1.01. The van der Waals surface area contributed by atoms with E-state index in [0.717, 1.165) is 12.8 Å². The number of rotatable bonds is 8. The maximum atomic E-state index is 11.3. The molecule has 0 rings (SSSR count). The van der Waals surface area contributed by atoms with Crippen molar-refractivity contribution in [1.29, 1.82) is 0 Å². The molecule has 0 saturated carbocycles. The summed E-state index contributed by atoms with van der Waals surface area (Å²) in [7, 11) is 0. The Bertz CT molecular complexity index is 218. The van der Waals surface area contributed by atoms with E-state index in [1.165, 1.54) is 4.90 Å². The Labute approximate surface area is 91.3 Å². The first-order valence-corrected chi connectivity index (χ1v) is 5.54. The summed E-state index contributed by atoms with van der Waals surface area (Å²) < 4.78 is 0. The molecule has 4 nitrogen and oxygen atoms in total. The first-order valence-electron chi connectivity index (χ1n) is 5.54. The van der Waals surface area contributed by atoms with E-state index in [2.05, 4.69) is 0 Å². The summed E-state index contributed by atoms with van der Waals surface area (Å²) in [5.74, 6) is -0.896. The standard InChI is InChI=1S/C11H21NO3/c1-4-7-11(6-3,10(14)15)12(9-13)8-5-2/h9H,4-8H2,1-3H3,(H,14,15). The SMILES string of the molecule is CCCN(C=O)C(CC)(CCC)C(=O)O. The van der Waals surface area contributed by atoms with Gasteiger partial charge in [0.1, 0.15) is 5.54 Å². The van der Waals surface area contributed by atoms with Crippen molar-refractivity contribution in [1.82, 2.24) is 4.90 Å². The molecular formula is C11H21NO3. The third-order valence-corrected chi connectivity index (χ3v) is 2.79. The van der Waals surface area contributed by atoms with Gasteiger partial charge in [-0.2, -0.15) is 0 Å². The van der Waals surface area contributed by atoms with Gasteiger partial charge in [0.25, 0.3) is 0 Å². The normalized spacial score (nSPS) is 14.3. The number of carboxylic acids is 1. The van der Waals surface area contributed by atoms with Crippen LogP contribution < -0.4 is 0 Å². The molecule has 1 amide bonds. The summed E-state index contributed by atoms with van der Waals surface area (Å²) in [5, 5.41) is 9.28. The van der Waals surface area contributed by atoms with Gasteiger partial charge in [-0.1, -0.05) is 27.2 Å². The zero-order valence-electron chi connectivity index (χ0n) is 9.82. The highest BCUT2D eigenvalue weighted by atomic mass is 16.4. The molecule has 0 aromatic rings. The van der Waals surface area contributed by atoms with Crippen LogP contribution in [0.1, 0.15) is 46.5 Å². The summed E-state index contributed by atoms with van der Waals surface area (Å²) >= 11 is 0. The number of hydrogen-bond donors (Lipinski definition) is 1. The fourth-order valence-corrected chi connectivity index (χ4v) is 1.93. The number of aliphatic carboxylic acids is 1. The van der Waals surface area contributed by atoms with E-state index in [1.807, 2.05) is 20.8 Å². The van der Waals surface area contributed by atoms with Crippen LogP contribution in [0.5, 0.6) is 0 Å². The second kappa shape index (κ2) is 6.43. The summed E-state index contributed by atoms with van der Waals surface area (Å²) in [6.45, 7) is 6.19. The van der Waals surface area contributed by atoms with Crippen molar-refractivity contribution in [2.45, 2.75) is 52.0 Å². The number of amides is 1. The highest BCUT2D eigenvalue weighted by molar-refractivity contribution is 5.81. The van der Waals surface area contributed by atoms with Crippen molar-refractivity contribution in [2.75, 3.05) is 6.54 Å².